The number of aromatic nitrogens is 3. The normalized spacial score (nSPS) is 11.1. The summed E-state index contributed by atoms with van der Waals surface area (Å²) in [5, 5.41) is 11.4. The van der Waals surface area contributed by atoms with E-state index < -0.39 is 0 Å². The lowest BCUT2D eigenvalue weighted by Gasteiger charge is -2.05. The summed E-state index contributed by atoms with van der Waals surface area (Å²) in [4.78, 5) is 0. The number of hydrogen-bond donors (Lipinski definition) is 1. The monoisotopic (exact) mass is 190 g/mol. The first-order valence-corrected chi connectivity index (χ1v) is 4.75. The van der Waals surface area contributed by atoms with E-state index in [1.165, 1.54) is 0 Å². The Labute approximate surface area is 82.9 Å². The van der Waals surface area contributed by atoms with Gasteiger partial charge in [-0.1, -0.05) is 11.3 Å². The molecule has 0 radical (unpaired) electrons. The Bertz CT molecular complexity index is 444. The molecule has 0 aliphatic heterocycles. The first kappa shape index (κ1) is 8.99. The zero-order chi connectivity index (χ0) is 10.1. The van der Waals surface area contributed by atoms with Crippen LogP contribution in [-0.4, -0.2) is 22.0 Å². The third-order valence-corrected chi connectivity index (χ3v) is 2.26. The zero-order valence-electron chi connectivity index (χ0n) is 8.65. The second-order valence-corrected chi connectivity index (χ2v) is 3.55. The Balaban J connectivity index is 2.69. The molecule has 14 heavy (non-hydrogen) atoms. The molecule has 1 aromatic carbocycles. The molecule has 2 rings (SSSR count). The van der Waals surface area contributed by atoms with Gasteiger partial charge in [0.05, 0.1) is 11.2 Å². The first-order chi connectivity index (χ1) is 6.74. The van der Waals surface area contributed by atoms with E-state index in [9.17, 15) is 0 Å². The van der Waals surface area contributed by atoms with Gasteiger partial charge in [-0.2, -0.15) is 0 Å². The van der Waals surface area contributed by atoms with Gasteiger partial charge in [-0.05, 0) is 26.0 Å². The number of benzene rings is 1. The van der Waals surface area contributed by atoms with Gasteiger partial charge in [0.25, 0.3) is 0 Å². The Hall–Kier alpha value is -1.58. The number of anilines is 1. The van der Waals surface area contributed by atoms with Crippen molar-refractivity contribution in [3.63, 3.8) is 0 Å². The standard InChI is InChI=1S/C10H14N4/c1-7(2)14-9-6-4-5-8(11-3)10(9)12-13-14/h4-7,11H,1-3H3. The van der Waals surface area contributed by atoms with Crippen molar-refractivity contribution in [2.45, 2.75) is 19.9 Å². The summed E-state index contributed by atoms with van der Waals surface area (Å²) in [7, 11) is 1.89. The number of rotatable bonds is 2. The van der Waals surface area contributed by atoms with Gasteiger partial charge in [0.15, 0.2) is 0 Å². The molecule has 0 aliphatic carbocycles. The molecule has 0 amide bonds. The third-order valence-electron chi connectivity index (χ3n) is 2.26. The Morgan fingerprint density at radius 2 is 2.14 bits per heavy atom. The van der Waals surface area contributed by atoms with Gasteiger partial charge >= 0.3 is 0 Å². The maximum absolute atomic E-state index is 4.16. The molecule has 0 saturated heterocycles. The van der Waals surface area contributed by atoms with Gasteiger partial charge in [-0.15, -0.1) is 5.10 Å². The Morgan fingerprint density at radius 3 is 2.79 bits per heavy atom. The highest BCUT2D eigenvalue weighted by atomic mass is 15.4. The van der Waals surface area contributed by atoms with Crippen LogP contribution in [0.15, 0.2) is 18.2 Å². The molecule has 0 atom stereocenters. The molecule has 4 heteroatoms. The van der Waals surface area contributed by atoms with E-state index in [-0.39, 0.29) is 0 Å². The highest BCUT2D eigenvalue weighted by Gasteiger charge is 2.09. The van der Waals surface area contributed by atoms with Crippen molar-refractivity contribution in [2.75, 3.05) is 12.4 Å². The van der Waals surface area contributed by atoms with Crippen molar-refractivity contribution in [2.24, 2.45) is 0 Å². The number of nitrogens with zero attached hydrogens (tertiary/aromatic N) is 3. The van der Waals surface area contributed by atoms with E-state index in [0.717, 1.165) is 16.7 Å². The van der Waals surface area contributed by atoms with E-state index in [4.69, 9.17) is 0 Å². The largest absolute Gasteiger partial charge is 0.386 e. The SMILES string of the molecule is CNc1cccc2c1nnn2C(C)C. The minimum atomic E-state index is 0.340. The van der Waals surface area contributed by atoms with Crippen LogP contribution in [-0.2, 0) is 0 Å². The number of nitrogens with one attached hydrogen (secondary N) is 1. The van der Waals surface area contributed by atoms with Crippen LogP contribution in [0, 0.1) is 0 Å². The van der Waals surface area contributed by atoms with Crippen LogP contribution in [0.3, 0.4) is 0 Å². The van der Waals surface area contributed by atoms with E-state index in [1.807, 2.05) is 29.9 Å². The summed E-state index contributed by atoms with van der Waals surface area (Å²) in [6, 6.07) is 6.39. The molecule has 0 spiro atoms. The van der Waals surface area contributed by atoms with Crippen molar-refractivity contribution in [1.29, 1.82) is 0 Å². The lowest BCUT2D eigenvalue weighted by molar-refractivity contribution is 0.530. The molecule has 0 aliphatic rings. The van der Waals surface area contributed by atoms with Gasteiger partial charge in [0.2, 0.25) is 0 Å². The van der Waals surface area contributed by atoms with Gasteiger partial charge < -0.3 is 5.32 Å². The highest BCUT2D eigenvalue weighted by molar-refractivity contribution is 5.87. The third kappa shape index (κ3) is 1.23. The van der Waals surface area contributed by atoms with Crippen molar-refractivity contribution < 1.29 is 0 Å². The van der Waals surface area contributed by atoms with E-state index >= 15 is 0 Å². The number of fused-ring (bicyclic) bond motifs is 1. The predicted molar refractivity (Wildman–Crippen MR) is 57.5 cm³/mol. The minimum absolute atomic E-state index is 0.340. The zero-order valence-corrected chi connectivity index (χ0v) is 8.65. The van der Waals surface area contributed by atoms with Crippen LogP contribution < -0.4 is 5.32 Å². The van der Waals surface area contributed by atoms with Crippen LogP contribution in [0.5, 0.6) is 0 Å². The predicted octanol–water partition coefficient (Wildman–Crippen LogP) is 2.05. The molecule has 0 fully saturated rings. The smallest absolute Gasteiger partial charge is 0.136 e. The van der Waals surface area contributed by atoms with Crippen molar-refractivity contribution in [1.82, 2.24) is 15.0 Å². The van der Waals surface area contributed by atoms with Gasteiger partial charge in [0.1, 0.15) is 5.52 Å². The van der Waals surface area contributed by atoms with E-state index in [0.29, 0.717) is 6.04 Å². The van der Waals surface area contributed by atoms with Crippen LogP contribution in [0.2, 0.25) is 0 Å². The molecule has 1 N–H and O–H groups in total. The van der Waals surface area contributed by atoms with Crippen molar-refractivity contribution in [3.8, 4) is 0 Å². The van der Waals surface area contributed by atoms with Crippen LogP contribution >= 0.6 is 0 Å². The highest BCUT2D eigenvalue weighted by Crippen LogP contribution is 2.22. The van der Waals surface area contributed by atoms with Gasteiger partial charge in [-0.25, -0.2) is 4.68 Å². The second-order valence-electron chi connectivity index (χ2n) is 3.55. The molecule has 4 nitrogen and oxygen atoms in total. The van der Waals surface area contributed by atoms with Gasteiger partial charge in [-0.3, -0.25) is 0 Å². The first-order valence-electron chi connectivity index (χ1n) is 4.75. The second kappa shape index (κ2) is 3.29. The Morgan fingerprint density at radius 1 is 1.36 bits per heavy atom. The summed E-state index contributed by atoms with van der Waals surface area (Å²) < 4.78 is 1.93. The Kier molecular flexibility index (Phi) is 2.11. The maximum atomic E-state index is 4.16. The summed E-state index contributed by atoms with van der Waals surface area (Å²) in [5.41, 5.74) is 3.03. The molecule has 0 bridgehead atoms. The van der Waals surface area contributed by atoms with Crippen molar-refractivity contribution >= 4 is 16.7 Å². The molecule has 74 valence electrons. The molecular weight excluding hydrogens is 176 g/mol. The summed E-state index contributed by atoms with van der Waals surface area (Å²) in [6.07, 6.45) is 0. The number of hydrogen-bond acceptors (Lipinski definition) is 3. The van der Waals surface area contributed by atoms with E-state index in [2.05, 4.69) is 29.5 Å². The van der Waals surface area contributed by atoms with Crippen LogP contribution in [0.1, 0.15) is 19.9 Å². The fraction of sp³-hybridized carbons (Fsp3) is 0.400. The quantitative estimate of drug-likeness (QED) is 0.788. The average molecular weight is 190 g/mol. The van der Waals surface area contributed by atoms with Crippen LogP contribution in [0.25, 0.3) is 11.0 Å². The minimum Gasteiger partial charge on any atom is -0.386 e. The maximum Gasteiger partial charge on any atom is 0.136 e. The average Bonchev–Trinajstić information content (AvgIpc) is 2.60. The van der Waals surface area contributed by atoms with Crippen LogP contribution in [0.4, 0.5) is 5.69 Å². The molecular formula is C10H14N4. The fourth-order valence-electron chi connectivity index (χ4n) is 1.55. The fourth-order valence-corrected chi connectivity index (χ4v) is 1.55. The van der Waals surface area contributed by atoms with Crippen molar-refractivity contribution in [3.05, 3.63) is 18.2 Å². The lowest BCUT2D eigenvalue weighted by Crippen LogP contribution is -2.02. The molecule has 2 aromatic rings. The summed E-state index contributed by atoms with van der Waals surface area (Å²) in [5.74, 6) is 0. The molecule has 1 aromatic heterocycles. The topological polar surface area (TPSA) is 42.7 Å². The summed E-state index contributed by atoms with van der Waals surface area (Å²) >= 11 is 0. The van der Waals surface area contributed by atoms with Gasteiger partial charge in [0, 0.05) is 13.1 Å². The molecule has 1 heterocycles. The molecule has 0 saturated carbocycles. The van der Waals surface area contributed by atoms with E-state index in [1.54, 1.807) is 0 Å². The lowest BCUT2D eigenvalue weighted by atomic mass is 10.2. The molecule has 0 unspecified atom stereocenters. The summed E-state index contributed by atoms with van der Waals surface area (Å²) in [6.45, 7) is 4.19.